The average molecular weight is 469 g/mol. The molecule has 0 saturated carbocycles. The normalized spacial score (nSPS) is 19.2. The molecule has 2 aliphatic rings. The van der Waals surface area contributed by atoms with Crippen molar-refractivity contribution in [2.24, 2.45) is 18.1 Å². The molecule has 3 aromatic rings. The van der Waals surface area contributed by atoms with Gasteiger partial charge in [0.25, 0.3) is 5.91 Å². The summed E-state index contributed by atoms with van der Waals surface area (Å²) < 4.78 is 2.11. The van der Waals surface area contributed by atoms with E-state index in [0.717, 1.165) is 55.7 Å². The van der Waals surface area contributed by atoms with Gasteiger partial charge in [-0.3, -0.25) is 9.69 Å². The average Bonchev–Trinajstić information content (AvgIpc) is 3.49. The molecule has 1 saturated heterocycles. The second-order valence-electron chi connectivity index (χ2n) is 10.3. The van der Waals surface area contributed by atoms with Gasteiger partial charge in [-0.2, -0.15) is 5.10 Å². The van der Waals surface area contributed by atoms with E-state index in [1.165, 1.54) is 16.7 Å². The van der Waals surface area contributed by atoms with Gasteiger partial charge in [0.2, 0.25) is 0 Å². The van der Waals surface area contributed by atoms with E-state index in [1.54, 1.807) is 5.01 Å². The van der Waals surface area contributed by atoms with Gasteiger partial charge in [0.05, 0.1) is 12.3 Å². The molecule has 3 heterocycles. The number of benzene rings is 2. The lowest BCUT2D eigenvalue weighted by molar-refractivity contribution is -0.134. The fourth-order valence-corrected chi connectivity index (χ4v) is 5.45. The van der Waals surface area contributed by atoms with Gasteiger partial charge < -0.3 is 4.57 Å². The first-order valence-corrected chi connectivity index (χ1v) is 12.8. The molecule has 2 aliphatic heterocycles. The minimum atomic E-state index is -0.0604. The van der Waals surface area contributed by atoms with Crippen molar-refractivity contribution in [3.63, 3.8) is 0 Å². The molecular weight excluding hydrogens is 432 g/mol. The van der Waals surface area contributed by atoms with Gasteiger partial charge in [0, 0.05) is 25.4 Å². The summed E-state index contributed by atoms with van der Waals surface area (Å²) in [5, 5.41) is 6.66. The SMILES string of the molecule is Cc1ccc(C2=NN(C(=O)CN3CCC(Cc4ccccc4)CC3)[C@H](c3cccn3C)C2)cc1C. The van der Waals surface area contributed by atoms with Crippen LogP contribution < -0.4 is 0 Å². The van der Waals surface area contributed by atoms with Crippen molar-refractivity contribution in [1.82, 2.24) is 14.5 Å². The minimum Gasteiger partial charge on any atom is -0.353 e. The fourth-order valence-electron chi connectivity index (χ4n) is 5.45. The predicted octanol–water partition coefficient (Wildman–Crippen LogP) is 5.27. The van der Waals surface area contributed by atoms with E-state index in [1.807, 2.05) is 19.3 Å². The zero-order valence-electron chi connectivity index (χ0n) is 21.2. The van der Waals surface area contributed by atoms with E-state index in [2.05, 4.69) is 77.9 Å². The van der Waals surface area contributed by atoms with Crippen LogP contribution in [-0.2, 0) is 18.3 Å². The third-order valence-corrected chi connectivity index (χ3v) is 7.76. The Bertz CT molecular complexity index is 1200. The summed E-state index contributed by atoms with van der Waals surface area (Å²) in [5.74, 6) is 0.789. The van der Waals surface area contributed by atoms with E-state index in [-0.39, 0.29) is 11.9 Å². The van der Waals surface area contributed by atoms with Gasteiger partial charge in [-0.15, -0.1) is 0 Å². The van der Waals surface area contributed by atoms with Gasteiger partial charge in [-0.1, -0.05) is 42.5 Å². The number of hydrogen-bond donors (Lipinski definition) is 0. The number of piperidine rings is 1. The number of aryl methyl sites for hydroxylation is 3. The quantitative estimate of drug-likeness (QED) is 0.494. The second-order valence-corrected chi connectivity index (χ2v) is 10.3. The third-order valence-electron chi connectivity index (χ3n) is 7.76. The zero-order valence-corrected chi connectivity index (χ0v) is 21.2. The maximum atomic E-state index is 13.6. The monoisotopic (exact) mass is 468 g/mol. The van der Waals surface area contributed by atoms with E-state index >= 15 is 0 Å². The maximum absolute atomic E-state index is 13.6. The Morgan fingerprint density at radius 1 is 0.971 bits per heavy atom. The molecule has 2 aromatic carbocycles. The molecule has 1 amide bonds. The van der Waals surface area contributed by atoms with Crippen LogP contribution in [0, 0.1) is 19.8 Å². The summed E-state index contributed by atoms with van der Waals surface area (Å²) in [4.78, 5) is 15.9. The molecule has 0 N–H and O–H groups in total. The Labute approximate surface area is 209 Å². The Morgan fingerprint density at radius 2 is 1.74 bits per heavy atom. The van der Waals surface area contributed by atoms with E-state index in [0.29, 0.717) is 12.5 Å². The molecule has 0 spiro atoms. The minimum absolute atomic E-state index is 0.0604. The van der Waals surface area contributed by atoms with Gasteiger partial charge in [-0.05, 0) is 92.6 Å². The van der Waals surface area contributed by atoms with Crippen molar-refractivity contribution < 1.29 is 4.79 Å². The summed E-state index contributed by atoms with van der Waals surface area (Å²) in [6.07, 6.45) is 6.20. The van der Waals surface area contributed by atoms with Gasteiger partial charge >= 0.3 is 0 Å². The Morgan fingerprint density at radius 3 is 2.43 bits per heavy atom. The molecule has 0 bridgehead atoms. The van der Waals surface area contributed by atoms with Crippen LogP contribution in [0.4, 0.5) is 0 Å². The fraction of sp³-hybridized carbons (Fsp3) is 0.400. The van der Waals surface area contributed by atoms with Crippen LogP contribution in [-0.4, -0.2) is 45.7 Å². The number of aromatic nitrogens is 1. The summed E-state index contributed by atoms with van der Waals surface area (Å²) >= 11 is 0. The number of rotatable bonds is 6. The number of likely N-dealkylation sites (tertiary alicyclic amines) is 1. The highest BCUT2D eigenvalue weighted by molar-refractivity contribution is 6.03. The molecule has 1 fully saturated rings. The van der Waals surface area contributed by atoms with Gasteiger partial charge in [-0.25, -0.2) is 5.01 Å². The Hall–Kier alpha value is -3.18. The van der Waals surface area contributed by atoms with Crippen molar-refractivity contribution in [3.05, 3.63) is 94.8 Å². The highest BCUT2D eigenvalue weighted by Crippen LogP contribution is 2.33. The third kappa shape index (κ3) is 5.25. The number of carbonyl (C=O) groups excluding carboxylic acids is 1. The number of amides is 1. The Balaban J connectivity index is 1.27. The highest BCUT2D eigenvalue weighted by Gasteiger charge is 2.35. The lowest BCUT2D eigenvalue weighted by Crippen LogP contribution is -2.42. The van der Waals surface area contributed by atoms with Crippen LogP contribution in [0.2, 0.25) is 0 Å². The lowest BCUT2D eigenvalue weighted by atomic mass is 9.90. The van der Waals surface area contributed by atoms with Crippen molar-refractivity contribution in [1.29, 1.82) is 0 Å². The van der Waals surface area contributed by atoms with E-state index < -0.39 is 0 Å². The first-order valence-electron chi connectivity index (χ1n) is 12.8. The zero-order chi connectivity index (χ0) is 24.4. The van der Waals surface area contributed by atoms with Crippen LogP contribution in [0.25, 0.3) is 0 Å². The molecule has 5 heteroatoms. The van der Waals surface area contributed by atoms with Crippen molar-refractivity contribution in [2.45, 2.75) is 45.6 Å². The number of hydrazone groups is 1. The Kier molecular flexibility index (Phi) is 6.87. The molecule has 5 rings (SSSR count). The number of hydrogen-bond acceptors (Lipinski definition) is 3. The van der Waals surface area contributed by atoms with Crippen molar-refractivity contribution in [2.75, 3.05) is 19.6 Å². The molecule has 1 atom stereocenters. The molecule has 35 heavy (non-hydrogen) atoms. The summed E-state index contributed by atoms with van der Waals surface area (Å²) in [6.45, 7) is 6.64. The first kappa shape index (κ1) is 23.6. The van der Waals surface area contributed by atoms with Crippen LogP contribution in [0.5, 0.6) is 0 Å². The van der Waals surface area contributed by atoms with Gasteiger partial charge in [0.1, 0.15) is 6.04 Å². The van der Waals surface area contributed by atoms with E-state index in [4.69, 9.17) is 5.10 Å². The molecule has 0 unspecified atom stereocenters. The number of nitrogens with zero attached hydrogens (tertiary/aromatic N) is 4. The van der Waals surface area contributed by atoms with Crippen molar-refractivity contribution >= 4 is 11.6 Å². The van der Waals surface area contributed by atoms with Gasteiger partial charge in [0.15, 0.2) is 0 Å². The second kappa shape index (κ2) is 10.2. The molecule has 182 valence electrons. The highest BCUT2D eigenvalue weighted by atomic mass is 16.2. The molecule has 0 aliphatic carbocycles. The van der Waals surface area contributed by atoms with Crippen LogP contribution in [0.3, 0.4) is 0 Å². The lowest BCUT2D eigenvalue weighted by Gasteiger charge is -2.33. The smallest absolute Gasteiger partial charge is 0.257 e. The van der Waals surface area contributed by atoms with Crippen molar-refractivity contribution in [3.8, 4) is 0 Å². The largest absolute Gasteiger partial charge is 0.353 e. The predicted molar refractivity (Wildman–Crippen MR) is 141 cm³/mol. The standard InChI is InChI=1S/C30H36N4O/c1-22-11-12-26(18-23(22)2)27-20-29(28-10-7-15-32(28)3)34(31-27)30(35)21-33-16-13-25(14-17-33)19-24-8-5-4-6-9-24/h4-12,15,18,25,29H,13-14,16-17,19-21H2,1-3H3/t29-/m0/s1. The van der Waals surface area contributed by atoms with E-state index in [9.17, 15) is 4.79 Å². The summed E-state index contributed by atoms with van der Waals surface area (Å²) in [7, 11) is 2.05. The molecule has 1 aromatic heterocycles. The van der Waals surface area contributed by atoms with Crippen LogP contribution in [0.15, 0.2) is 72.0 Å². The van der Waals surface area contributed by atoms with Crippen LogP contribution in [0.1, 0.15) is 53.3 Å². The maximum Gasteiger partial charge on any atom is 0.257 e. The summed E-state index contributed by atoms with van der Waals surface area (Å²) in [5.41, 5.74) is 7.18. The first-order chi connectivity index (χ1) is 17.0. The number of carbonyl (C=O) groups is 1. The molecular formula is C30H36N4O. The molecule has 5 nitrogen and oxygen atoms in total. The molecule has 0 radical (unpaired) electrons. The van der Waals surface area contributed by atoms with Crippen LogP contribution >= 0.6 is 0 Å². The topological polar surface area (TPSA) is 40.8 Å². The summed E-state index contributed by atoms with van der Waals surface area (Å²) in [6, 6.07) is 21.3.